The van der Waals surface area contributed by atoms with Crippen LogP contribution in [0.15, 0.2) is 18.5 Å². The molecule has 0 unspecified atom stereocenters. The molecule has 2 rings (SSSR count). The van der Waals surface area contributed by atoms with Crippen molar-refractivity contribution in [3.05, 3.63) is 24.3 Å². The van der Waals surface area contributed by atoms with Crippen LogP contribution in [0.5, 0.6) is 0 Å². The molecule has 0 radical (unpaired) electrons. The number of carbonyl (C=O) groups is 1. The van der Waals surface area contributed by atoms with Crippen LogP contribution in [0.4, 0.5) is 0 Å². The van der Waals surface area contributed by atoms with Gasteiger partial charge in [-0.3, -0.25) is 0 Å². The fourth-order valence-corrected chi connectivity index (χ4v) is 1.34. The number of hydrogen-bond donors (Lipinski definition) is 0. The number of rotatable bonds is 3. The topological polar surface area (TPSA) is 82.8 Å². The molecule has 17 heavy (non-hydrogen) atoms. The average Bonchev–Trinajstić information content (AvgIpc) is 2.73. The number of aromatic nitrogens is 5. The number of esters is 1. The molecule has 7 nitrogen and oxygen atoms in total. The largest absolute Gasteiger partial charge is 0.460 e. The second kappa shape index (κ2) is 4.69. The quantitative estimate of drug-likeness (QED) is 0.716. The van der Waals surface area contributed by atoms with Crippen LogP contribution in [0.25, 0.3) is 11.4 Å². The standard InChI is InChI=1S/C10H11N5O2/c1-3-17-10(16)8-13-9(15(2)14-8)7-4-5-11-12-6-7/h4-6H,3H2,1-2H3. The van der Waals surface area contributed by atoms with Gasteiger partial charge in [0.05, 0.1) is 19.0 Å². The third-order valence-electron chi connectivity index (χ3n) is 2.06. The van der Waals surface area contributed by atoms with Crippen molar-refractivity contribution in [2.45, 2.75) is 6.92 Å². The fourth-order valence-electron chi connectivity index (χ4n) is 1.34. The Labute approximate surface area is 97.5 Å². The maximum atomic E-state index is 11.5. The molecule has 0 aliphatic carbocycles. The van der Waals surface area contributed by atoms with Crippen molar-refractivity contribution in [1.82, 2.24) is 25.0 Å². The molecule has 2 aromatic rings. The van der Waals surface area contributed by atoms with Gasteiger partial charge < -0.3 is 4.74 Å². The second-order valence-electron chi connectivity index (χ2n) is 3.23. The first-order valence-corrected chi connectivity index (χ1v) is 5.07. The number of ether oxygens (including phenoxy) is 1. The minimum atomic E-state index is -0.531. The summed E-state index contributed by atoms with van der Waals surface area (Å²) in [6.45, 7) is 2.03. The van der Waals surface area contributed by atoms with Crippen LogP contribution >= 0.6 is 0 Å². The first kappa shape index (κ1) is 11.2. The first-order valence-electron chi connectivity index (χ1n) is 5.07. The van der Waals surface area contributed by atoms with Gasteiger partial charge in [0.2, 0.25) is 0 Å². The summed E-state index contributed by atoms with van der Waals surface area (Å²) in [4.78, 5) is 15.6. The van der Waals surface area contributed by atoms with E-state index < -0.39 is 5.97 Å². The maximum absolute atomic E-state index is 11.5. The van der Waals surface area contributed by atoms with E-state index in [1.807, 2.05) is 0 Å². The molecule has 0 spiro atoms. The molecule has 0 amide bonds. The first-order chi connectivity index (χ1) is 8.22. The van der Waals surface area contributed by atoms with E-state index >= 15 is 0 Å². The molecule has 0 atom stereocenters. The number of nitrogens with zero attached hydrogens (tertiary/aromatic N) is 5. The van der Waals surface area contributed by atoms with E-state index in [9.17, 15) is 4.79 Å². The summed E-state index contributed by atoms with van der Waals surface area (Å²) in [5, 5.41) is 11.4. The summed E-state index contributed by atoms with van der Waals surface area (Å²) in [5.74, 6) is 0.0560. The van der Waals surface area contributed by atoms with Gasteiger partial charge in [0.1, 0.15) is 0 Å². The van der Waals surface area contributed by atoms with Gasteiger partial charge in [0.25, 0.3) is 5.82 Å². The van der Waals surface area contributed by atoms with Crippen LogP contribution in [0, 0.1) is 0 Å². The molecular weight excluding hydrogens is 222 g/mol. The predicted molar refractivity (Wildman–Crippen MR) is 58.0 cm³/mol. The fraction of sp³-hybridized carbons (Fsp3) is 0.300. The van der Waals surface area contributed by atoms with Gasteiger partial charge >= 0.3 is 5.97 Å². The molecule has 88 valence electrons. The lowest BCUT2D eigenvalue weighted by Crippen LogP contribution is -2.07. The maximum Gasteiger partial charge on any atom is 0.378 e. The zero-order valence-corrected chi connectivity index (χ0v) is 9.49. The molecule has 2 aromatic heterocycles. The Morgan fingerprint density at radius 2 is 2.29 bits per heavy atom. The van der Waals surface area contributed by atoms with Gasteiger partial charge in [-0.05, 0) is 13.0 Å². The molecule has 0 saturated heterocycles. The summed E-state index contributed by atoms with van der Waals surface area (Å²) in [7, 11) is 1.70. The summed E-state index contributed by atoms with van der Waals surface area (Å²) in [6, 6.07) is 1.74. The van der Waals surface area contributed by atoms with Crippen molar-refractivity contribution >= 4 is 5.97 Å². The Balaban J connectivity index is 2.35. The van der Waals surface area contributed by atoms with Crippen LogP contribution in [-0.2, 0) is 11.8 Å². The summed E-state index contributed by atoms with van der Waals surface area (Å²) in [6.07, 6.45) is 3.10. The van der Waals surface area contributed by atoms with Crippen molar-refractivity contribution in [1.29, 1.82) is 0 Å². The minimum absolute atomic E-state index is 0.0427. The van der Waals surface area contributed by atoms with Crippen molar-refractivity contribution in [2.24, 2.45) is 7.05 Å². The lowest BCUT2D eigenvalue weighted by molar-refractivity contribution is 0.0512. The molecule has 0 saturated carbocycles. The molecule has 0 fully saturated rings. The molecule has 2 heterocycles. The summed E-state index contributed by atoms with van der Waals surface area (Å²) in [5.41, 5.74) is 0.741. The van der Waals surface area contributed by atoms with Crippen LogP contribution in [-0.4, -0.2) is 37.5 Å². The third-order valence-corrected chi connectivity index (χ3v) is 2.06. The highest BCUT2D eigenvalue weighted by molar-refractivity contribution is 5.85. The molecule has 7 heteroatoms. The third kappa shape index (κ3) is 2.27. The Bertz CT molecular complexity index is 523. The highest BCUT2D eigenvalue weighted by atomic mass is 16.5. The van der Waals surface area contributed by atoms with E-state index in [1.165, 1.54) is 4.68 Å². The second-order valence-corrected chi connectivity index (χ2v) is 3.23. The molecule has 0 bridgehead atoms. The van der Waals surface area contributed by atoms with Gasteiger partial charge in [-0.2, -0.15) is 10.2 Å². The van der Waals surface area contributed by atoms with Gasteiger partial charge in [0.15, 0.2) is 5.82 Å². The normalized spacial score (nSPS) is 10.2. The van der Waals surface area contributed by atoms with Gasteiger partial charge in [-0.1, -0.05) is 0 Å². The zero-order chi connectivity index (χ0) is 12.3. The van der Waals surface area contributed by atoms with Gasteiger partial charge in [-0.25, -0.2) is 14.5 Å². The SMILES string of the molecule is CCOC(=O)c1nc(-c2ccnnc2)n(C)n1. The van der Waals surface area contributed by atoms with E-state index in [-0.39, 0.29) is 5.82 Å². The van der Waals surface area contributed by atoms with E-state index in [1.54, 1.807) is 32.4 Å². The van der Waals surface area contributed by atoms with Crippen molar-refractivity contribution < 1.29 is 9.53 Å². The van der Waals surface area contributed by atoms with Gasteiger partial charge in [0, 0.05) is 12.6 Å². The number of aryl methyl sites for hydroxylation is 1. The summed E-state index contributed by atoms with van der Waals surface area (Å²) < 4.78 is 6.33. The lowest BCUT2D eigenvalue weighted by atomic mass is 10.3. The average molecular weight is 233 g/mol. The lowest BCUT2D eigenvalue weighted by Gasteiger charge is -1.96. The van der Waals surface area contributed by atoms with Crippen molar-refractivity contribution in [2.75, 3.05) is 6.61 Å². The smallest absolute Gasteiger partial charge is 0.378 e. The van der Waals surface area contributed by atoms with E-state index in [2.05, 4.69) is 20.3 Å². The van der Waals surface area contributed by atoms with Crippen molar-refractivity contribution in [3.63, 3.8) is 0 Å². The molecule has 0 N–H and O–H groups in total. The highest BCUT2D eigenvalue weighted by Crippen LogP contribution is 2.14. The number of hydrogen-bond acceptors (Lipinski definition) is 6. The minimum Gasteiger partial charge on any atom is -0.460 e. The monoisotopic (exact) mass is 233 g/mol. The Hall–Kier alpha value is -2.31. The molecule has 0 aromatic carbocycles. The Morgan fingerprint density at radius 3 is 2.94 bits per heavy atom. The Morgan fingerprint density at radius 1 is 1.47 bits per heavy atom. The van der Waals surface area contributed by atoms with E-state index in [4.69, 9.17) is 4.74 Å². The van der Waals surface area contributed by atoms with Crippen LogP contribution in [0.2, 0.25) is 0 Å². The molecule has 0 aliphatic heterocycles. The predicted octanol–water partition coefficient (Wildman–Crippen LogP) is 0.449. The summed E-state index contributed by atoms with van der Waals surface area (Å²) >= 11 is 0. The van der Waals surface area contributed by atoms with E-state index in [0.717, 1.165) is 5.56 Å². The molecular formula is C10H11N5O2. The zero-order valence-electron chi connectivity index (χ0n) is 9.49. The molecule has 0 aliphatic rings. The van der Waals surface area contributed by atoms with E-state index in [0.29, 0.717) is 12.4 Å². The van der Waals surface area contributed by atoms with Crippen LogP contribution in [0.3, 0.4) is 0 Å². The van der Waals surface area contributed by atoms with Gasteiger partial charge in [-0.15, -0.1) is 5.10 Å². The number of carbonyl (C=O) groups excluding carboxylic acids is 1. The van der Waals surface area contributed by atoms with Crippen LogP contribution in [0.1, 0.15) is 17.5 Å². The van der Waals surface area contributed by atoms with Crippen LogP contribution < -0.4 is 0 Å². The Kier molecular flexibility index (Phi) is 3.08. The van der Waals surface area contributed by atoms with Crippen molar-refractivity contribution in [3.8, 4) is 11.4 Å². The highest BCUT2D eigenvalue weighted by Gasteiger charge is 2.16.